The molecule has 23 heavy (non-hydrogen) atoms. The Hall–Kier alpha value is -2.29. The molecular weight excluding hydrogens is 324 g/mol. The molecule has 0 saturated carbocycles. The normalized spacial score (nSPS) is 11.5. The minimum Gasteiger partial charge on any atom is -0.289 e. The molecule has 2 aromatic rings. The van der Waals surface area contributed by atoms with Crippen molar-refractivity contribution in [3.05, 3.63) is 72.2 Å². The first-order chi connectivity index (χ1) is 11.3. The van der Waals surface area contributed by atoms with Crippen molar-refractivity contribution in [2.45, 2.75) is 0 Å². The fourth-order valence-corrected chi connectivity index (χ4v) is 3.36. The summed E-state index contributed by atoms with van der Waals surface area (Å²) >= 11 is 2.66. The van der Waals surface area contributed by atoms with Crippen LogP contribution in [-0.4, -0.2) is 15.9 Å². The number of hydrogen-bond donors (Lipinski definition) is 0. The van der Waals surface area contributed by atoms with Gasteiger partial charge in [0, 0.05) is 11.3 Å². The first-order valence-electron chi connectivity index (χ1n) is 6.82. The van der Waals surface area contributed by atoms with Gasteiger partial charge in [0.25, 0.3) is 0 Å². The highest BCUT2D eigenvalue weighted by Crippen LogP contribution is 2.21. The molecule has 0 spiro atoms. The Morgan fingerprint density at radius 2 is 2.04 bits per heavy atom. The Morgan fingerprint density at radius 3 is 2.83 bits per heavy atom. The van der Waals surface area contributed by atoms with Crippen molar-refractivity contribution in [3.63, 3.8) is 0 Å². The van der Waals surface area contributed by atoms with E-state index in [1.807, 2.05) is 42.5 Å². The summed E-state index contributed by atoms with van der Waals surface area (Å²) in [6, 6.07) is 13.5. The van der Waals surface area contributed by atoms with Crippen LogP contribution in [0.15, 0.2) is 71.6 Å². The zero-order valence-electron chi connectivity index (χ0n) is 12.3. The van der Waals surface area contributed by atoms with Crippen molar-refractivity contribution in [1.82, 2.24) is 0 Å². The number of benzene rings is 2. The Morgan fingerprint density at radius 1 is 1.26 bits per heavy atom. The number of aliphatic imine (C=N–C) groups is 1. The molecule has 0 saturated heterocycles. The molecule has 5 heteroatoms. The molecule has 0 bridgehead atoms. The highest BCUT2D eigenvalue weighted by Gasteiger charge is 2.06. The van der Waals surface area contributed by atoms with Gasteiger partial charge in [-0.05, 0) is 22.3 Å². The van der Waals surface area contributed by atoms with E-state index in [2.05, 4.69) is 11.6 Å². The molecule has 0 N–H and O–H groups in total. The molecule has 0 aliphatic heterocycles. The van der Waals surface area contributed by atoms with Crippen molar-refractivity contribution >= 4 is 44.5 Å². The molecular formula is C18H14N2OS2. The second kappa shape index (κ2) is 8.99. The Labute approximate surface area is 143 Å². The number of hydrogen-bond acceptors (Lipinski definition) is 5. The van der Waals surface area contributed by atoms with E-state index in [9.17, 15) is 4.79 Å². The predicted octanol–water partition coefficient (Wildman–Crippen LogP) is 5.03. The molecule has 0 atom stereocenters. The minimum atomic E-state index is -0.0701. The zero-order valence-corrected chi connectivity index (χ0v) is 13.9. The van der Waals surface area contributed by atoms with Crippen LogP contribution in [-0.2, 0) is 0 Å². The summed E-state index contributed by atoms with van der Waals surface area (Å²) in [5.74, 6) is 0.595. The van der Waals surface area contributed by atoms with Crippen LogP contribution >= 0.6 is 23.5 Å². The summed E-state index contributed by atoms with van der Waals surface area (Å²) in [6.45, 7) is 3.63. The minimum absolute atomic E-state index is 0.0701. The van der Waals surface area contributed by atoms with E-state index >= 15 is 0 Å². The summed E-state index contributed by atoms with van der Waals surface area (Å²) < 4.78 is 0.592. The lowest BCUT2D eigenvalue weighted by Crippen LogP contribution is -1.95. The molecule has 2 rings (SSSR count). The molecule has 3 nitrogen and oxygen atoms in total. The van der Waals surface area contributed by atoms with Crippen molar-refractivity contribution in [3.8, 4) is 6.19 Å². The molecule has 0 unspecified atom stereocenters. The number of fused-ring (bicyclic) bond motifs is 1. The van der Waals surface area contributed by atoms with Gasteiger partial charge in [0.05, 0.1) is 0 Å². The number of ketones is 1. The number of nitriles is 1. The second-order valence-electron chi connectivity index (χ2n) is 4.39. The van der Waals surface area contributed by atoms with E-state index < -0.39 is 0 Å². The summed E-state index contributed by atoms with van der Waals surface area (Å²) in [7, 11) is 0. The van der Waals surface area contributed by atoms with Crippen LogP contribution in [0.5, 0.6) is 0 Å². The first-order valence-corrected chi connectivity index (χ1v) is 8.68. The standard InChI is InChI=1S/C18H14N2OS2/c1-2-11-22-18(20-13-19)23-12-10-17(21)16-9-5-7-14-6-3-4-8-15(14)16/h2-10,12H,1,11H2. The van der Waals surface area contributed by atoms with Gasteiger partial charge in [-0.2, -0.15) is 10.3 Å². The number of nitrogens with zero attached hydrogens (tertiary/aromatic N) is 2. The molecule has 0 amide bonds. The van der Waals surface area contributed by atoms with Crippen LogP contribution in [0.3, 0.4) is 0 Å². The molecule has 0 aliphatic carbocycles. The van der Waals surface area contributed by atoms with Crippen LogP contribution < -0.4 is 0 Å². The average molecular weight is 338 g/mol. The topological polar surface area (TPSA) is 53.2 Å². The third kappa shape index (κ3) is 4.85. The van der Waals surface area contributed by atoms with E-state index in [4.69, 9.17) is 5.26 Å². The molecule has 0 heterocycles. The van der Waals surface area contributed by atoms with Gasteiger partial charge in [0.2, 0.25) is 6.19 Å². The van der Waals surface area contributed by atoms with Crippen molar-refractivity contribution in [2.75, 3.05) is 5.75 Å². The Balaban J connectivity index is 2.13. The smallest absolute Gasteiger partial charge is 0.207 e. The molecule has 0 radical (unpaired) electrons. The van der Waals surface area contributed by atoms with Crippen molar-refractivity contribution in [2.24, 2.45) is 4.99 Å². The van der Waals surface area contributed by atoms with Gasteiger partial charge in [-0.15, -0.1) is 6.58 Å². The monoisotopic (exact) mass is 338 g/mol. The number of allylic oxidation sites excluding steroid dienone is 1. The molecule has 114 valence electrons. The van der Waals surface area contributed by atoms with Crippen molar-refractivity contribution in [1.29, 1.82) is 5.26 Å². The van der Waals surface area contributed by atoms with E-state index in [0.29, 0.717) is 15.7 Å². The summed E-state index contributed by atoms with van der Waals surface area (Å²) in [6.07, 6.45) is 5.01. The van der Waals surface area contributed by atoms with Gasteiger partial charge in [-0.1, -0.05) is 72.1 Å². The van der Waals surface area contributed by atoms with Gasteiger partial charge in [0.1, 0.15) is 4.38 Å². The van der Waals surface area contributed by atoms with Gasteiger partial charge in [0.15, 0.2) is 5.78 Å². The average Bonchev–Trinajstić information content (AvgIpc) is 2.59. The third-order valence-corrected chi connectivity index (χ3v) is 4.86. The predicted molar refractivity (Wildman–Crippen MR) is 101 cm³/mol. The van der Waals surface area contributed by atoms with Gasteiger partial charge < -0.3 is 0 Å². The third-order valence-electron chi connectivity index (χ3n) is 2.91. The quantitative estimate of drug-likeness (QED) is 0.192. The van der Waals surface area contributed by atoms with E-state index in [1.165, 1.54) is 29.6 Å². The van der Waals surface area contributed by atoms with Crippen molar-refractivity contribution < 1.29 is 4.79 Å². The largest absolute Gasteiger partial charge is 0.289 e. The maximum absolute atomic E-state index is 12.4. The lowest BCUT2D eigenvalue weighted by Gasteiger charge is -2.03. The maximum atomic E-state index is 12.4. The molecule has 0 aliphatic rings. The molecule has 0 fully saturated rings. The number of rotatable bonds is 5. The van der Waals surface area contributed by atoms with E-state index in [0.717, 1.165) is 10.8 Å². The summed E-state index contributed by atoms with van der Waals surface area (Å²) in [4.78, 5) is 16.1. The zero-order chi connectivity index (χ0) is 16.5. The highest BCUT2D eigenvalue weighted by molar-refractivity contribution is 8.40. The Bertz CT molecular complexity index is 814. The number of carbonyl (C=O) groups excluding carboxylic acids is 1. The number of thioether (sulfide) groups is 2. The van der Waals surface area contributed by atoms with Crippen LogP contribution in [0.4, 0.5) is 0 Å². The molecule has 0 aromatic heterocycles. The van der Waals surface area contributed by atoms with Crippen LogP contribution in [0.1, 0.15) is 10.4 Å². The van der Waals surface area contributed by atoms with Crippen LogP contribution in [0, 0.1) is 11.5 Å². The second-order valence-corrected chi connectivity index (χ2v) is 6.55. The van der Waals surface area contributed by atoms with Crippen LogP contribution in [0.2, 0.25) is 0 Å². The highest BCUT2D eigenvalue weighted by atomic mass is 32.2. The SMILES string of the molecule is C=CCSC(=NC#N)SC=CC(=O)c1cccc2ccccc12. The van der Waals surface area contributed by atoms with E-state index in [-0.39, 0.29) is 5.78 Å². The van der Waals surface area contributed by atoms with Gasteiger partial charge in [-0.25, -0.2) is 0 Å². The lowest BCUT2D eigenvalue weighted by atomic mass is 10.0. The fraction of sp³-hybridized carbons (Fsp3) is 0.0556. The first kappa shape index (κ1) is 17.1. The molecule has 2 aromatic carbocycles. The van der Waals surface area contributed by atoms with Gasteiger partial charge in [-0.3, -0.25) is 4.79 Å². The van der Waals surface area contributed by atoms with Crippen LogP contribution in [0.25, 0.3) is 10.8 Å². The van der Waals surface area contributed by atoms with Gasteiger partial charge >= 0.3 is 0 Å². The fourth-order valence-electron chi connectivity index (χ4n) is 1.95. The Kier molecular flexibility index (Phi) is 6.67. The maximum Gasteiger partial charge on any atom is 0.207 e. The number of carbonyl (C=O) groups is 1. The van der Waals surface area contributed by atoms with E-state index in [1.54, 1.807) is 17.7 Å². The lowest BCUT2D eigenvalue weighted by molar-refractivity contribution is 0.104. The summed E-state index contributed by atoms with van der Waals surface area (Å²) in [5.41, 5.74) is 0.664. The summed E-state index contributed by atoms with van der Waals surface area (Å²) in [5, 5.41) is 12.3.